The molecular weight excluding hydrogens is 212 g/mol. The van der Waals surface area contributed by atoms with Crippen molar-refractivity contribution in [2.45, 2.75) is 19.8 Å². The predicted molar refractivity (Wildman–Crippen MR) is 67.7 cm³/mol. The molecule has 4 nitrogen and oxygen atoms in total. The van der Waals surface area contributed by atoms with Crippen molar-refractivity contribution >= 4 is 5.82 Å². The van der Waals surface area contributed by atoms with Crippen molar-refractivity contribution in [3.8, 4) is 6.07 Å². The molecule has 1 aliphatic heterocycles. The van der Waals surface area contributed by atoms with Gasteiger partial charge in [-0.25, -0.2) is 4.98 Å². The minimum atomic E-state index is 0.329. The third-order valence-corrected chi connectivity index (χ3v) is 3.40. The Hall–Kier alpha value is -1.60. The van der Waals surface area contributed by atoms with Crippen LogP contribution in [0.2, 0.25) is 0 Å². The van der Waals surface area contributed by atoms with E-state index in [2.05, 4.69) is 28.6 Å². The topological polar surface area (TPSA) is 60.7 Å². The molecule has 0 aromatic carbocycles. The first-order valence-electron chi connectivity index (χ1n) is 6.03. The van der Waals surface area contributed by atoms with Crippen LogP contribution in [0, 0.1) is 16.7 Å². The summed E-state index contributed by atoms with van der Waals surface area (Å²) in [6.45, 7) is 5.39. The van der Waals surface area contributed by atoms with Gasteiger partial charge in [-0.3, -0.25) is 0 Å². The van der Waals surface area contributed by atoms with Crippen molar-refractivity contribution in [2.75, 3.05) is 25.0 Å². The number of hydrogen-bond acceptors (Lipinski definition) is 4. The van der Waals surface area contributed by atoms with E-state index in [1.54, 1.807) is 18.3 Å². The van der Waals surface area contributed by atoms with Gasteiger partial charge in [0.15, 0.2) is 0 Å². The molecule has 17 heavy (non-hydrogen) atoms. The number of nitrogens with zero attached hydrogens (tertiary/aromatic N) is 2. The average molecular weight is 230 g/mol. The molecule has 1 saturated heterocycles. The number of piperidine rings is 1. The first kappa shape index (κ1) is 11.9. The van der Waals surface area contributed by atoms with Gasteiger partial charge in [0.25, 0.3) is 0 Å². The fourth-order valence-corrected chi connectivity index (χ4v) is 2.11. The van der Waals surface area contributed by atoms with Crippen LogP contribution in [0.15, 0.2) is 18.3 Å². The second-order valence-electron chi connectivity index (χ2n) is 4.96. The molecule has 2 N–H and O–H groups in total. The van der Waals surface area contributed by atoms with Crippen LogP contribution in [0.3, 0.4) is 0 Å². The van der Waals surface area contributed by atoms with Gasteiger partial charge in [0.1, 0.15) is 5.82 Å². The van der Waals surface area contributed by atoms with Gasteiger partial charge in [0, 0.05) is 12.7 Å². The summed E-state index contributed by atoms with van der Waals surface area (Å²) < 4.78 is 0. The molecule has 0 unspecified atom stereocenters. The normalized spacial score (nSPS) is 18.4. The molecule has 2 rings (SSSR count). The largest absolute Gasteiger partial charge is 0.369 e. The molecule has 0 saturated carbocycles. The van der Waals surface area contributed by atoms with E-state index >= 15 is 0 Å². The van der Waals surface area contributed by atoms with Crippen molar-refractivity contribution in [1.82, 2.24) is 10.3 Å². The molecular formula is C13H18N4. The van der Waals surface area contributed by atoms with Gasteiger partial charge < -0.3 is 10.6 Å². The Morgan fingerprint density at radius 2 is 2.29 bits per heavy atom. The lowest BCUT2D eigenvalue weighted by Gasteiger charge is -2.34. The Balaban J connectivity index is 1.95. The molecule has 1 aliphatic rings. The number of hydrogen-bond donors (Lipinski definition) is 2. The van der Waals surface area contributed by atoms with Crippen molar-refractivity contribution in [2.24, 2.45) is 5.41 Å². The monoisotopic (exact) mass is 230 g/mol. The van der Waals surface area contributed by atoms with Crippen LogP contribution in [0.5, 0.6) is 0 Å². The number of pyridine rings is 1. The van der Waals surface area contributed by atoms with E-state index in [4.69, 9.17) is 5.26 Å². The van der Waals surface area contributed by atoms with Gasteiger partial charge in [-0.15, -0.1) is 0 Å². The van der Waals surface area contributed by atoms with Crippen LogP contribution in [0.4, 0.5) is 5.82 Å². The minimum Gasteiger partial charge on any atom is -0.369 e. The molecule has 90 valence electrons. The third-order valence-electron chi connectivity index (χ3n) is 3.40. The van der Waals surface area contributed by atoms with Crippen LogP contribution in [0.1, 0.15) is 25.3 Å². The van der Waals surface area contributed by atoms with Crippen LogP contribution < -0.4 is 10.6 Å². The first-order valence-corrected chi connectivity index (χ1v) is 6.03. The molecule has 2 heterocycles. The summed E-state index contributed by atoms with van der Waals surface area (Å²) in [5, 5.41) is 15.5. The van der Waals surface area contributed by atoms with Crippen molar-refractivity contribution in [1.29, 1.82) is 5.26 Å². The summed E-state index contributed by atoms with van der Waals surface area (Å²) in [5.74, 6) is 0.795. The maximum atomic E-state index is 8.82. The van der Waals surface area contributed by atoms with Gasteiger partial charge in [0.05, 0.1) is 11.6 Å². The molecule has 4 heteroatoms. The van der Waals surface area contributed by atoms with Gasteiger partial charge >= 0.3 is 0 Å². The molecule has 0 spiro atoms. The van der Waals surface area contributed by atoms with E-state index in [1.807, 2.05) is 0 Å². The van der Waals surface area contributed by atoms with Gasteiger partial charge in [-0.2, -0.15) is 5.26 Å². The highest BCUT2D eigenvalue weighted by molar-refractivity contribution is 5.42. The Morgan fingerprint density at radius 1 is 1.53 bits per heavy atom. The van der Waals surface area contributed by atoms with E-state index < -0.39 is 0 Å². The highest BCUT2D eigenvalue weighted by Gasteiger charge is 2.26. The summed E-state index contributed by atoms with van der Waals surface area (Å²) in [7, 11) is 0. The van der Waals surface area contributed by atoms with Crippen LogP contribution in [-0.2, 0) is 0 Å². The van der Waals surface area contributed by atoms with Crippen LogP contribution in [0.25, 0.3) is 0 Å². The Bertz CT molecular complexity index is 416. The van der Waals surface area contributed by atoms with E-state index in [-0.39, 0.29) is 0 Å². The van der Waals surface area contributed by atoms with E-state index in [0.717, 1.165) is 25.5 Å². The Morgan fingerprint density at radius 3 is 3.00 bits per heavy atom. The minimum absolute atomic E-state index is 0.329. The quantitative estimate of drug-likeness (QED) is 0.830. The van der Waals surface area contributed by atoms with Crippen LogP contribution in [-0.4, -0.2) is 24.6 Å². The second-order valence-corrected chi connectivity index (χ2v) is 4.96. The Labute approximate surface area is 102 Å². The van der Waals surface area contributed by atoms with Gasteiger partial charge in [-0.1, -0.05) is 6.92 Å². The summed E-state index contributed by atoms with van der Waals surface area (Å²) in [4.78, 5) is 4.23. The second kappa shape index (κ2) is 5.15. The molecule has 1 aromatic heterocycles. The van der Waals surface area contributed by atoms with E-state index in [9.17, 15) is 0 Å². The fraction of sp³-hybridized carbons (Fsp3) is 0.538. The molecule has 1 fully saturated rings. The summed E-state index contributed by atoms with van der Waals surface area (Å²) in [6.07, 6.45) is 4.03. The SMILES string of the molecule is CC1(CNc2cc(C#N)ccn2)CCNCC1. The van der Waals surface area contributed by atoms with Crippen molar-refractivity contribution in [3.05, 3.63) is 23.9 Å². The van der Waals surface area contributed by atoms with Crippen molar-refractivity contribution in [3.63, 3.8) is 0 Å². The smallest absolute Gasteiger partial charge is 0.127 e. The molecule has 1 aromatic rings. The highest BCUT2D eigenvalue weighted by Crippen LogP contribution is 2.27. The number of nitriles is 1. The van der Waals surface area contributed by atoms with E-state index in [0.29, 0.717) is 11.0 Å². The number of aromatic nitrogens is 1. The highest BCUT2D eigenvalue weighted by atomic mass is 15.0. The van der Waals surface area contributed by atoms with Crippen LogP contribution >= 0.6 is 0 Å². The number of nitrogens with one attached hydrogen (secondary N) is 2. The maximum Gasteiger partial charge on any atom is 0.127 e. The zero-order chi connectivity index (χ0) is 12.1. The van der Waals surface area contributed by atoms with E-state index in [1.165, 1.54) is 12.8 Å². The average Bonchev–Trinajstić information content (AvgIpc) is 2.38. The summed E-state index contributed by atoms with van der Waals surface area (Å²) in [5.41, 5.74) is 0.980. The molecule has 0 atom stereocenters. The zero-order valence-corrected chi connectivity index (χ0v) is 10.2. The predicted octanol–water partition coefficient (Wildman–Crippen LogP) is 1.75. The zero-order valence-electron chi connectivity index (χ0n) is 10.2. The molecule has 0 amide bonds. The molecule has 0 aliphatic carbocycles. The van der Waals surface area contributed by atoms with Gasteiger partial charge in [-0.05, 0) is 43.5 Å². The molecule has 0 radical (unpaired) electrons. The lowest BCUT2D eigenvalue weighted by Crippen LogP contribution is -2.39. The number of anilines is 1. The first-order chi connectivity index (χ1) is 8.22. The lowest BCUT2D eigenvalue weighted by molar-refractivity contribution is 0.247. The maximum absolute atomic E-state index is 8.82. The number of rotatable bonds is 3. The van der Waals surface area contributed by atoms with Gasteiger partial charge in [0.2, 0.25) is 0 Å². The summed E-state index contributed by atoms with van der Waals surface area (Å²) in [6, 6.07) is 5.64. The summed E-state index contributed by atoms with van der Waals surface area (Å²) >= 11 is 0. The van der Waals surface area contributed by atoms with Crippen molar-refractivity contribution < 1.29 is 0 Å². The standard InChI is InChI=1S/C13H18N4/c1-13(3-6-15-7-4-13)10-17-12-8-11(9-14)2-5-16-12/h2,5,8,15H,3-4,6-7,10H2,1H3,(H,16,17). The fourth-order valence-electron chi connectivity index (χ4n) is 2.11. The Kier molecular flexibility index (Phi) is 3.60. The lowest BCUT2D eigenvalue weighted by atomic mass is 9.81. The molecule has 0 bridgehead atoms. The third kappa shape index (κ3) is 3.18.